The first-order valence-electron chi connectivity index (χ1n) is 9.64. The maximum atomic E-state index is 12.4. The van der Waals surface area contributed by atoms with Gasteiger partial charge >= 0.3 is 0 Å². The quantitative estimate of drug-likeness (QED) is 0.381. The normalized spacial score (nSPS) is 11.2. The Kier molecular flexibility index (Phi) is 5.01. The highest BCUT2D eigenvalue weighted by molar-refractivity contribution is 7.22. The van der Waals surface area contributed by atoms with Crippen LogP contribution in [0.4, 0.5) is 5.69 Å². The summed E-state index contributed by atoms with van der Waals surface area (Å²) in [6, 6.07) is 24.2. The van der Waals surface area contributed by atoms with Crippen LogP contribution in [-0.2, 0) is 16.1 Å². The third-order valence-corrected chi connectivity index (χ3v) is 6.02. The molecule has 1 amide bonds. The van der Waals surface area contributed by atoms with Gasteiger partial charge in [0.15, 0.2) is 0 Å². The zero-order valence-corrected chi connectivity index (χ0v) is 16.9. The fraction of sp³-hybridized carbons (Fsp3) is 0.0833. The van der Waals surface area contributed by atoms with E-state index in [1.54, 1.807) is 17.5 Å². The lowest BCUT2D eigenvalue weighted by molar-refractivity contribution is -0.121. The van der Waals surface area contributed by atoms with Crippen LogP contribution in [0.25, 0.3) is 31.4 Å². The largest absolute Gasteiger partial charge is 0.367 e. The van der Waals surface area contributed by atoms with Crippen LogP contribution < -0.4 is 5.32 Å². The van der Waals surface area contributed by atoms with E-state index in [2.05, 4.69) is 33.7 Å². The molecule has 0 aliphatic heterocycles. The first-order valence-corrected chi connectivity index (χ1v) is 10.5. The number of hydrogen-bond donors (Lipinski definition) is 2. The van der Waals surface area contributed by atoms with Crippen molar-refractivity contribution in [2.24, 2.45) is 0 Å². The second-order valence-corrected chi connectivity index (χ2v) is 8.12. The minimum Gasteiger partial charge on any atom is -0.367 e. The highest BCUT2D eigenvalue weighted by Crippen LogP contribution is 2.38. The molecule has 0 aliphatic rings. The van der Waals surface area contributed by atoms with E-state index in [1.807, 2.05) is 54.6 Å². The van der Waals surface area contributed by atoms with Crippen molar-refractivity contribution in [1.82, 2.24) is 10.2 Å². The number of fused-ring (bicyclic) bond motifs is 2. The van der Waals surface area contributed by atoms with Crippen LogP contribution in [-0.4, -0.2) is 22.7 Å². The summed E-state index contributed by atoms with van der Waals surface area (Å²) in [7, 11) is 0. The molecule has 2 N–H and O–H groups in total. The van der Waals surface area contributed by atoms with Gasteiger partial charge in [-0.2, -0.15) is 5.10 Å². The van der Waals surface area contributed by atoms with Gasteiger partial charge in [-0.1, -0.05) is 48.5 Å². The molecule has 0 bridgehead atoms. The van der Waals surface area contributed by atoms with Crippen LogP contribution in [0.3, 0.4) is 0 Å². The summed E-state index contributed by atoms with van der Waals surface area (Å²) in [5.41, 5.74) is 3.74. The second kappa shape index (κ2) is 8.10. The van der Waals surface area contributed by atoms with Crippen molar-refractivity contribution >= 4 is 43.9 Å². The third kappa shape index (κ3) is 3.83. The Balaban J connectivity index is 1.36. The van der Waals surface area contributed by atoms with Crippen molar-refractivity contribution < 1.29 is 9.53 Å². The topological polar surface area (TPSA) is 67.0 Å². The number of ether oxygens (including phenoxy) is 1. The number of benzene rings is 3. The molecule has 0 aliphatic carbocycles. The van der Waals surface area contributed by atoms with Crippen LogP contribution >= 0.6 is 11.3 Å². The monoisotopic (exact) mass is 413 g/mol. The van der Waals surface area contributed by atoms with E-state index in [1.165, 1.54) is 10.1 Å². The first kappa shape index (κ1) is 18.5. The average Bonchev–Trinajstić information content (AvgIpc) is 3.40. The summed E-state index contributed by atoms with van der Waals surface area (Å²) < 4.78 is 6.78. The van der Waals surface area contributed by atoms with Gasteiger partial charge in [0, 0.05) is 26.2 Å². The van der Waals surface area contributed by atoms with Crippen LogP contribution in [0.5, 0.6) is 0 Å². The highest BCUT2D eigenvalue weighted by atomic mass is 32.1. The molecule has 0 radical (unpaired) electrons. The number of nitrogens with zero attached hydrogens (tertiary/aromatic N) is 1. The molecule has 0 fully saturated rings. The average molecular weight is 414 g/mol. The number of anilines is 1. The number of carbonyl (C=O) groups is 1. The van der Waals surface area contributed by atoms with Gasteiger partial charge in [-0.25, -0.2) is 0 Å². The van der Waals surface area contributed by atoms with Gasteiger partial charge in [-0.3, -0.25) is 9.89 Å². The molecular weight excluding hydrogens is 394 g/mol. The molecule has 148 valence electrons. The molecule has 6 heteroatoms. The van der Waals surface area contributed by atoms with Gasteiger partial charge < -0.3 is 10.1 Å². The number of carbonyl (C=O) groups excluding carboxylic acids is 1. The molecule has 0 saturated carbocycles. The zero-order chi connectivity index (χ0) is 20.3. The molecule has 0 unspecified atom stereocenters. The van der Waals surface area contributed by atoms with Crippen molar-refractivity contribution in [3.8, 4) is 10.4 Å². The number of aromatic nitrogens is 2. The van der Waals surface area contributed by atoms with Crippen molar-refractivity contribution in [3.05, 3.63) is 84.6 Å². The minimum atomic E-state index is -0.184. The van der Waals surface area contributed by atoms with E-state index >= 15 is 0 Å². The fourth-order valence-corrected chi connectivity index (χ4v) is 4.56. The van der Waals surface area contributed by atoms with Gasteiger partial charge in [0.2, 0.25) is 5.91 Å². The minimum absolute atomic E-state index is 0.00343. The van der Waals surface area contributed by atoms with Gasteiger partial charge in [-0.15, -0.1) is 11.3 Å². The first-order chi connectivity index (χ1) is 14.8. The molecule has 3 aromatic carbocycles. The lowest BCUT2D eigenvalue weighted by atomic mass is 10.1. The summed E-state index contributed by atoms with van der Waals surface area (Å²) in [4.78, 5) is 13.5. The van der Waals surface area contributed by atoms with Crippen LogP contribution in [0.1, 0.15) is 5.56 Å². The van der Waals surface area contributed by atoms with Gasteiger partial charge in [0.1, 0.15) is 6.61 Å². The van der Waals surface area contributed by atoms with E-state index in [0.29, 0.717) is 6.61 Å². The van der Waals surface area contributed by atoms with E-state index in [-0.39, 0.29) is 12.5 Å². The number of thiophene rings is 1. The van der Waals surface area contributed by atoms with Gasteiger partial charge in [0.05, 0.1) is 18.3 Å². The Labute approximate surface area is 177 Å². The fourth-order valence-electron chi connectivity index (χ4n) is 3.47. The van der Waals surface area contributed by atoms with Crippen molar-refractivity contribution in [2.45, 2.75) is 6.61 Å². The molecule has 5 aromatic rings. The zero-order valence-electron chi connectivity index (χ0n) is 16.1. The summed E-state index contributed by atoms with van der Waals surface area (Å²) in [6.45, 7) is 0.401. The van der Waals surface area contributed by atoms with Crippen molar-refractivity contribution in [1.29, 1.82) is 0 Å². The maximum absolute atomic E-state index is 12.4. The Morgan fingerprint density at radius 1 is 1.00 bits per heavy atom. The Morgan fingerprint density at radius 2 is 1.83 bits per heavy atom. The van der Waals surface area contributed by atoms with Crippen LogP contribution in [0.15, 0.2) is 79.0 Å². The molecule has 5 nitrogen and oxygen atoms in total. The number of amides is 1. The maximum Gasteiger partial charge on any atom is 0.250 e. The molecule has 5 rings (SSSR count). The smallest absolute Gasteiger partial charge is 0.250 e. The van der Waals surface area contributed by atoms with E-state index in [4.69, 9.17) is 4.74 Å². The number of nitrogens with one attached hydrogen (secondary N) is 2. The summed E-state index contributed by atoms with van der Waals surface area (Å²) >= 11 is 1.72. The molecular formula is C24H19N3O2S. The standard InChI is InChI=1S/C24H19N3O2S/c28-23(15-29-14-16-6-2-1-3-7-16)26-19-10-18-13-25-27-24(18)20(12-19)22-11-17-8-4-5-9-21(17)30-22/h1-13H,14-15H2,(H,25,27)(H,26,28). The molecule has 2 heterocycles. The van der Waals surface area contributed by atoms with Gasteiger partial charge in [-0.05, 0) is 35.2 Å². The number of aromatic amines is 1. The lowest BCUT2D eigenvalue weighted by Gasteiger charge is -2.09. The molecule has 0 spiro atoms. The molecule has 2 aromatic heterocycles. The predicted molar refractivity (Wildman–Crippen MR) is 122 cm³/mol. The third-order valence-electron chi connectivity index (χ3n) is 4.87. The van der Waals surface area contributed by atoms with E-state index in [9.17, 15) is 4.79 Å². The second-order valence-electron chi connectivity index (χ2n) is 7.03. The SMILES string of the molecule is O=C(COCc1ccccc1)Nc1cc(-c2cc3ccccc3s2)c2[nH]ncc2c1. The van der Waals surface area contributed by atoms with Gasteiger partial charge in [0.25, 0.3) is 0 Å². The predicted octanol–water partition coefficient (Wildman–Crippen LogP) is 5.60. The Morgan fingerprint density at radius 3 is 2.70 bits per heavy atom. The highest BCUT2D eigenvalue weighted by Gasteiger charge is 2.13. The van der Waals surface area contributed by atoms with E-state index in [0.717, 1.165) is 32.6 Å². The summed E-state index contributed by atoms with van der Waals surface area (Å²) in [6.07, 6.45) is 1.77. The number of H-pyrrole nitrogens is 1. The van der Waals surface area contributed by atoms with Crippen molar-refractivity contribution in [2.75, 3.05) is 11.9 Å². The number of rotatable bonds is 6. The van der Waals surface area contributed by atoms with E-state index < -0.39 is 0 Å². The lowest BCUT2D eigenvalue weighted by Crippen LogP contribution is -2.18. The molecule has 30 heavy (non-hydrogen) atoms. The Hall–Kier alpha value is -3.48. The molecule has 0 atom stereocenters. The van der Waals surface area contributed by atoms with Crippen molar-refractivity contribution in [3.63, 3.8) is 0 Å². The summed E-state index contributed by atoms with van der Waals surface area (Å²) in [5.74, 6) is -0.184. The van der Waals surface area contributed by atoms with Crippen LogP contribution in [0.2, 0.25) is 0 Å². The summed E-state index contributed by atoms with van der Waals surface area (Å²) in [5, 5.41) is 12.4. The number of hydrogen-bond acceptors (Lipinski definition) is 4. The molecule has 0 saturated heterocycles. The Bertz CT molecular complexity index is 1290. The van der Waals surface area contributed by atoms with Crippen LogP contribution in [0, 0.1) is 0 Å².